The van der Waals surface area contributed by atoms with Gasteiger partial charge in [0, 0.05) is 22.9 Å². The Morgan fingerprint density at radius 3 is 2.79 bits per heavy atom. The van der Waals surface area contributed by atoms with Gasteiger partial charge in [0.2, 0.25) is 0 Å². The first kappa shape index (κ1) is 11.4. The summed E-state index contributed by atoms with van der Waals surface area (Å²) < 4.78 is 0. The van der Waals surface area contributed by atoms with E-state index in [4.69, 9.17) is 10.2 Å². The van der Waals surface area contributed by atoms with Gasteiger partial charge >= 0.3 is 0 Å². The highest BCUT2D eigenvalue weighted by Crippen LogP contribution is 2.20. The molecule has 4 heteroatoms. The van der Waals surface area contributed by atoms with E-state index in [0.717, 1.165) is 10.6 Å². The molecule has 0 bridgehead atoms. The summed E-state index contributed by atoms with van der Waals surface area (Å²) in [6.07, 6.45) is 0. The van der Waals surface area contributed by atoms with E-state index in [-0.39, 0.29) is 13.2 Å². The Labute approximate surface area is 88.2 Å². The molecule has 1 aromatic carbocycles. The Morgan fingerprint density at radius 2 is 2.07 bits per heavy atom. The third-order valence-electron chi connectivity index (χ3n) is 1.63. The van der Waals surface area contributed by atoms with Gasteiger partial charge in [-0.15, -0.1) is 11.8 Å². The van der Waals surface area contributed by atoms with E-state index in [0.29, 0.717) is 12.3 Å². The van der Waals surface area contributed by atoms with Crippen LogP contribution >= 0.6 is 11.8 Å². The van der Waals surface area contributed by atoms with Crippen LogP contribution in [0.5, 0.6) is 0 Å². The number of aliphatic hydroxyl groups is 2. The van der Waals surface area contributed by atoms with Crippen LogP contribution in [0, 0.1) is 0 Å². The van der Waals surface area contributed by atoms with E-state index in [1.54, 1.807) is 11.8 Å². The zero-order valence-corrected chi connectivity index (χ0v) is 8.76. The lowest BCUT2D eigenvalue weighted by molar-refractivity contribution is 0.311. The lowest BCUT2D eigenvalue weighted by atomic mass is 10.3. The zero-order valence-electron chi connectivity index (χ0n) is 7.94. The smallest absolute Gasteiger partial charge is 0.0604 e. The summed E-state index contributed by atoms with van der Waals surface area (Å²) in [5.74, 6) is 0.712. The SMILES string of the molecule is OCCNc1cccc(SCCO)c1. The first-order chi connectivity index (χ1) is 6.86. The van der Waals surface area contributed by atoms with Crippen LogP contribution in [-0.4, -0.2) is 35.7 Å². The second-order valence-corrected chi connectivity index (χ2v) is 3.92. The van der Waals surface area contributed by atoms with E-state index >= 15 is 0 Å². The Kier molecular flexibility index (Phi) is 5.44. The summed E-state index contributed by atoms with van der Waals surface area (Å²) in [5, 5.41) is 20.4. The van der Waals surface area contributed by atoms with Crippen LogP contribution in [0.25, 0.3) is 0 Å². The normalized spacial score (nSPS) is 10.1. The van der Waals surface area contributed by atoms with E-state index in [1.807, 2.05) is 24.3 Å². The summed E-state index contributed by atoms with van der Waals surface area (Å²) >= 11 is 1.62. The Bertz CT molecular complexity index is 245. The van der Waals surface area contributed by atoms with Crippen LogP contribution in [0.1, 0.15) is 0 Å². The fraction of sp³-hybridized carbons (Fsp3) is 0.400. The highest BCUT2D eigenvalue weighted by atomic mass is 32.2. The van der Waals surface area contributed by atoms with Crippen molar-refractivity contribution in [1.82, 2.24) is 0 Å². The first-order valence-corrected chi connectivity index (χ1v) is 5.54. The average Bonchev–Trinajstić information content (AvgIpc) is 2.24. The number of benzene rings is 1. The largest absolute Gasteiger partial charge is 0.396 e. The molecule has 78 valence electrons. The van der Waals surface area contributed by atoms with Crippen LogP contribution < -0.4 is 5.32 Å². The topological polar surface area (TPSA) is 52.5 Å². The molecule has 0 aromatic heterocycles. The lowest BCUT2D eigenvalue weighted by Gasteiger charge is -2.06. The molecule has 1 aromatic rings. The number of hydrogen-bond acceptors (Lipinski definition) is 4. The number of nitrogens with one attached hydrogen (secondary N) is 1. The van der Waals surface area contributed by atoms with Crippen molar-refractivity contribution in [2.24, 2.45) is 0 Å². The summed E-state index contributed by atoms with van der Waals surface area (Å²) in [6.45, 7) is 0.890. The molecule has 0 radical (unpaired) electrons. The van der Waals surface area contributed by atoms with Crippen molar-refractivity contribution in [3.05, 3.63) is 24.3 Å². The van der Waals surface area contributed by atoms with Gasteiger partial charge in [-0.2, -0.15) is 0 Å². The van der Waals surface area contributed by atoms with Gasteiger partial charge in [0.15, 0.2) is 0 Å². The molecular formula is C10H15NO2S. The maximum Gasteiger partial charge on any atom is 0.0604 e. The van der Waals surface area contributed by atoms with Crippen LogP contribution in [0.4, 0.5) is 5.69 Å². The van der Waals surface area contributed by atoms with Gasteiger partial charge in [-0.3, -0.25) is 0 Å². The predicted octanol–water partition coefficient (Wildman–Crippen LogP) is 1.18. The minimum absolute atomic E-state index is 0.133. The third kappa shape index (κ3) is 4.00. The molecule has 0 heterocycles. The Balaban J connectivity index is 2.50. The van der Waals surface area contributed by atoms with Gasteiger partial charge in [0.1, 0.15) is 0 Å². The van der Waals surface area contributed by atoms with Crippen LogP contribution in [0.15, 0.2) is 29.2 Å². The Hall–Kier alpha value is -0.710. The molecule has 0 saturated heterocycles. The molecule has 14 heavy (non-hydrogen) atoms. The van der Waals surface area contributed by atoms with E-state index in [9.17, 15) is 0 Å². The zero-order chi connectivity index (χ0) is 10.2. The molecular weight excluding hydrogens is 198 g/mol. The van der Waals surface area contributed by atoms with Crippen molar-refractivity contribution in [3.8, 4) is 0 Å². The quantitative estimate of drug-likeness (QED) is 0.621. The molecule has 0 unspecified atom stereocenters. The van der Waals surface area contributed by atoms with Crippen molar-refractivity contribution in [1.29, 1.82) is 0 Å². The highest BCUT2D eigenvalue weighted by Gasteiger charge is 1.95. The minimum atomic E-state index is 0.133. The second-order valence-electron chi connectivity index (χ2n) is 2.75. The van der Waals surface area contributed by atoms with Crippen molar-refractivity contribution in [3.63, 3.8) is 0 Å². The summed E-state index contributed by atoms with van der Waals surface area (Å²) in [6, 6.07) is 7.93. The monoisotopic (exact) mass is 213 g/mol. The van der Waals surface area contributed by atoms with Gasteiger partial charge in [-0.05, 0) is 18.2 Å². The maximum absolute atomic E-state index is 8.67. The van der Waals surface area contributed by atoms with E-state index in [2.05, 4.69) is 5.32 Å². The number of thioether (sulfide) groups is 1. The molecule has 3 N–H and O–H groups in total. The van der Waals surface area contributed by atoms with Crippen molar-refractivity contribution in [2.45, 2.75) is 4.90 Å². The van der Waals surface area contributed by atoms with E-state index < -0.39 is 0 Å². The van der Waals surface area contributed by atoms with Gasteiger partial charge in [-0.1, -0.05) is 6.07 Å². The number of anilines is 1. The van der Waals surface area contributed by atoms with Crippen molar-refractivity contribution < 1.29 is 10.2 Å². The standard InChI is InChI=1S/C10H15NO2S/c12-5-4-11-9-2-1-3-10(8-9)14-7-6-13/h1-3,8,11-13H,4-7H2. The highest BCUT2D eigenvalue weighted by molar-refractivity contribution is 7.99. The average molecular weight is 213 g/mol. The number of rotatable bonds is 6. The van der Waals surface area contributed by atoms with Crippen LogP contribution in [0.2, 0.25) is 0 Å². The Morgan fingerprint density at radius 1 is 1.21 bits per heavy atom. The first-order valence-electron chi connectivity index (χ1n) is 4.55. The summed E-state index contributed by atoms with van der Waals surface area (Å²) in [5.41, 5.74) is 1.00. The molecule has 0 spiro atoms. The third-order valence-corrected chi connectivity index (χ3v) is 2.61. The molecule has 0 saturated carbocycles. The summed E-state index contributed by atoms with van der Waals surface area (Å²) in [7, 11) is 0. The number of aliphatic hydroxyl groups excluding tert-OH is 2. The predicted molar refractivity (Wildman–Crippen MR) is 59.8 cm³/mol. The molecule has 0 aliphatic heterocycles. The van der Waals surface area contributed by atoms with Gasteiger partial charge < -0.3 is 15.5 Å². The van der Waals surface area contributed by atoms with Gasteiger partial charge in [0.25, 0.3) is 0 Å². The molecule has 0 atom stereocenters. The van der Waals surface area contributed by atoms with E-state index in [1.165, 1.54) is 0 Å². The molecule has 0 amide bonds. The van der Waals surface area contributed by atoms with Crippen molar-refractivity contribution in [2.75, 3.05) is 30.8 Å². The summed E-state index contributed by atoms with van der Waals surface area (Å²) in [4.78, 5) is 1.13. The fourth-order valence-corrected chi connectivity index (χ4v) is 1.77. The second kappa shape index (κ2) is 6.70. The maximum atomic E-state index is 8.67. The van der Waals surface area contributed by atoms with Gasteiger partial charge in [-0.25, -0.2) is 0 Å². The molecule has 0 aliphatic carbocycles. The molecule has 3 nitrogen and oxygen atoms in total. The van der Waals surface area contributed by atoms with Crippen LogP contribution in [-0.2, 0) is 0 Å². The fourth-order valence-electron chi connectivity index (χ4n) is 1.06. The molecule has 1 rings (SSSR count). The van der Waals surface area contributed by atoms with Crippen LogP contribution in [0.3, 0.4) is 0 Å². The van der Waals surface area contributed by atoms with Gasteiger partial charge in [0.05, 0.1) is 13.2 Å². The molecule has 0 aliphatic rings. The minimum Gasteiger partial charge on any atom is -0.396 e. The lowest BCUT2D eigenvalue weighted by Crippen LogP contribution is -2.05. The molecule has 0 fully saturated rings. The van der Waals surface area contributed by atoms with Crippen molar-refractivity contribution >= 4 is 17.4 Å². The number of hydrogen-bond donors (Lipinski definition) is 3.